The molecule has 11 heteroatoms. The third-order valence-electron chi connectivity index (χ3n) is 4.48. The van der Waals surface area contributed by atoms with Gasteiger partial charge in [0.15, 0.2) is 17.8 Å². The molecule has 0 radical (unpaired) electrons. The fraction of sp³-hybridized carbons (Fsp3) is 0.526. The molecule has 0 unspecified atom stereocenters. The first-order valence-corrected chi connectivity index (χ1v) is 9.14. The summed E-state index contributed by atoms with van der Waals surface area (Å²) in [6, 6.07) is 3.84. The molecule has 11 nitrogen and oxygen atoms in total. The monoisotopic (exact) mass is 430 g/mol. The predicted octanol–water partition coefficient (Wildman–Crippen LogP) is -2.08. The lowest BCUT2D eigenvalue weighted by Gasteiger charge is -2.40. The van der Waals surface area contributed by atoms with Crippen LogP contribution in [-0.2, 0) is 25.4 Å². The van der Waals surface area contributed by atoms with E-state index in [9.17, 15) is 30.3 Å². The van der Waals surface area contributed by atoms with Crippen molar-refractivity contribution in [1.29, 1.82) is 0 Å². The van der Waals surface area contributed by atoms with E-state index in [1.807, 2.05) is 0 Å². The molecule has 7 N–H and O–H groups in total. The maximum atomic E-state index is 12.0. The molecule has 1 aromatic rings. The molecule has 1 saturated heterocycles. The Bertz CT molecular complexity index is 735. The van der Waals surface area contributed by atoms with E-state index < -0.39 is 49.9 Å². The highest BCUT2D eigenvalue weighted by molar-refractivity contribution is 5.73. The number of rotatable bonds is 9. The first kappa shape index (κ1) is 24.0. The van der Waals surface area contributed by atoms with E-state index in [2.05, 4.69) is 0 Å². The predicted molar refractivity (Wildman–Crippen MR) is 99.3 cm³/mol. The van der Waals surface area contributed by atoms with Crippen molar-refractivity contribution in [3.63, 3.8) is 0 Å². The first-order chi connectivity index (χ1) is 14.3. The van der Waals surface area contributed by atoms with Gasteiger partial charge in [-0.05, 0) is 23.3 Å². The highest BCUT2D eigenvalue weighted by Gasteiger charge is 2.44. The van der Waals surface area contributed by atoms with Crippen LogP contribution in [0.1, 0.15) is 5.56 Å². The van der Waals surface area contributed by atoms with Gasteiger partial charge in [-0.1, -0.05) is 12.1 Å². The van der Waals surface area contributed by atoms with Gasteiger partial charge >= 0.3 is 5.97 Å². The zero-order valence-corrected chi connectivity index (χ0v) is 16.0. The zero-order chi connectivity index (χ0) is 22.3. The van der Waals surface area contributed by atoms with Gasteiger partial charge in [0.05, 0.1) is 26.2 Å². The summed E-state index contributed by atoms with van der Waals surface area (Å²) in [5.41, 5.74) is 0.693. The average molecular weight is 430 g/mol. The number of hydrogen-bond donors (Lipinski definition) is 7. The fourth-order valence-electron chi connectivity index (χ4n) is 2.75. The molecule has 5 atom stereocenters. The minimum atomic E-state index is -1.64. The number of carbonyl (C=O) groups is 1. The normalized spacial score (nSPS) is 27.1. The Morgan fingerprint density at radius 2 is 1.80 bits per heavy atom. The number of carbonyl (C=O) groups excluding carboxylic acids is 1. The summed E-state index contributed by atoms with van der Waals surface area (Å²) in [5.74, 6) is -1.44. The van der Waals surface area contributed by atoms with E-state index in [4.69, 9.17) is 24.4 Å². The molecule has 1 aliphatic rings. The second-order valence-electron chi connectivity index (χ2n) is 6.71. The molecule has 0 aliphatic carbocycles. The SMILES string of the molecule is O=C(Cc1ccc(O)c(O)c1)OC[C@H]1O[C@@H](OCC(=CCO)CO)[C@H](O)[C@@H](O)[C@@H]1O. The van der Waals surface area contributed by atoms with Crippen LogP contribution in [0.4, 0.5) is 0 Å². The second kappa shape index (κ2) is 11.2. The lowest BCUT2D eigenvalue weighted by Crippen LogP contribution is -2.59. The Hall–Kier alpha value is -2.25. The molecule has 0 saturated carbocycles. The number of aliphatic hydroxyl groups is 5. The number of ether oxygens (including phenoxy) is 3. The Labute approximate surface area is 172 Å². The zero-order valence-electron chi connectivity index (χ0n) is 16.0. The van der Waals surface area contributed by atoms with Gasteiger partial charge in [0.25, 0.3) is 0 Å². The molecular weight excluding hydrogens is 404 g/mol. The molecule has 0 amide bonds. The largest absolute Gasteiger partial charge is 0.504 e. The molecule has 0 bridgehead atoms. The Kier molecular flexibility index (Phi) is 8.99. The van der Waals surface area contributed by atoms with Crippen molar-refractivity contribution in [3.05, 3.63) is 35.4 Å². The van der Waals surface area contributed by atoms with Crippen LogP contribution in [0.15, 0.2) is 29.8 Å². The maximum absolute atomic E-state index is 12.0. The van der Waals surface area contributed by atoms with Crippen LogP contribution >= 0.6 is 0 Å². The van der Waals surface area contributed by atoms with E-state index in [1.54, 1.807) is 0 Å². The van der Waals surface area contributed by atoms with Crippen LogP contribution in [0.3, 0.4) is 0 Å². The van der Waals surface area contributed by atoms with Gasteiger partial charge in [0.2, 0.25) is 0 Å². The fourth-order valence-corrected chi connectivity index (χ4v) is 2.75. The molecule has 0 aromatic heterocycles. The van der Waals surface area contributed by atoms with E-state index in [0.29, 0.717) is 11.1 Å². The summed E-state index contributed by atoms with van der Waals surface area (Å²) in [7, 11) is 0. The molecule has 2 rings (SSSR count). The number of phenols is 2. The van der Waals surface area contributed by atoms with Gasteiger partial charge < -0.3 is 50.0 Å². The topological polar surface area (TPSA) is 186 Å². The summed E-state index contributed by atoms with van der Waals surface area (Å²) in [4.78, 5) is 12.0. The van der Waals surface area contributed by atoms with Crippen LogP contribution in [-0.4, -0.2) is 98.8 Å². The number of phenolic OH excluding ortho intramolecular Hbond substituents is 2. The Morgan fingerprint density at radius 3 is 2.43 bits per heavy atom. The molecule has 168 valence electrons. The molecule has 30 heavy (non-hydrogen) atoms. The third kappa shape index (κ3) is 6.37. The first-order valence-electron chi connectivity index (χ1n) is 9.14. The van der Waals surface area contributed by atoms with Crippen LogP contribution in [0.2, 0.25) is 0 Å². The van der Waals surface area contributed by atoms with Crippen molar-refractivity contribution in [2.75, 3.05) is 26.4 Å². The van der Waals surface area contributed by atoms with Crippen LogP contribution in [0.5, 0.6) is 11.5 Å². The number of aliphatic hydroxyl groups excluding tert-OH is 5. The van der Waals surface area contributed by atoms with Crippen LogP contribution in [0, 0.1) is 0 Å². The average Bonchev–Trinajstić information content (AvgIpc) is 2.72. The Morgan fingerprint density at radius 1 is 1.07 bits per heavy atom. The highest BCUT2D eigenvalue weighted by Crippen LogP contribution is 2.26. The highest BCUT2D eigenvalue weighted by atomic mass is 16.7. The van der Waals surface area contributed by atoms with E-state index in [0.717, 1.165) is 0 Å². The van der Waals surface area contributed by atoms with Gasteiger partial charge in [-0.15, -0.1) is 0 Å². The number of esters is 1. The molecule has 1 fully saturated rings. The van der Waals surface area contributed by atoms with Gasteiger partial charge in [0.1, 0.15) is 31.0 Å². The number of aromatic hydroxyl groups is 2. The number of benzene rings is 1. The van der Waals surface area contributed by atoms with Crippen molar-refractivity contribution in [1.82, 2.24) is 0 Å². The van der Waals surface area contributed by atoms with Crippen molar-refractivity contribution >= 4 is 5.97 Å². The quantitative estimate of drug-likeness (QED) is 0.129. The van der Waals surface area contributed by atoms with Gasteiger partial charge in [-0.3, -0.25) is 4.79 Å². The van der Waals surface area contributed by atoms with Crippen LogP contribution < -0.4 is 0 Å². The standard InChI is InChI=1S/C19H26O11/c20-4-3-11(7-21)8-29-19-18(27)17(26)16(25)14(30-19)9-28-15(24)6-10-1-2-12(22)13(23)5-10/h1-3,5,14,16-23,25-27H,4,6-9H2/t14-,16-,17+,18-,19-/m1/s1. The van der Waals surface area contributed by atoms with Gasteiger partial charge in [-0.2, -0.15) is 0 Å². The maximum Gasteiger partial charge on any atom is 0.310 e. The van der Waals surface area contributed by atoms with Crippen molar-refractivity contribution in [3.8, 4) is 11.5 Å². The lowest BCUT2D eigenvalue weighted by molar-refractivity contribution is -0.299. The smallest absolute Gasteiger partial charge is 0.310 e. The van der Waals surface area contributed by atoms with E-state index >= 15 is 0 Å². The van der Waals surface area contributed by atoms with Crippen molar-refractivity contribution in [2.45, 2.75) is 37.1 Å². The van der Waals surface area contributed by atoms with E-state index in [1.165, 1.54) is 24.3 Å². The number of hydrogen-bond acceptors (Lipinski definition) is 11. The van der Waals surface area contributed by atoms with Crippen LogP contribution in [0.25, 0.3) is 0 Å². The molecule has 1 heterocycles. The Balaban J connectivity index is 1.92. The minimum absolute atomic E-state index is 0.210. The lowest BCUT2D eigenvalue weighted by atomic mass is 9.99. The molecule has 1 aromatic carbocycles. The summed E-state index contributed by atoms with van der Waals surface area (Å²) in [5, 5.41) is 66.9. The summed E-state index contributed by atoms with van der Waals surface area (Å²) < 4.78 is 15.7. The van der Waals surface area contributed by atoms with Gasteiger partial charge in [-0.25, -0.2) is 0 Å². The van der Waals surface area contributed by atoms with Crippen molar-refractivity contribution in [2.24, 2.45) is 0 Å². The van der Waals surface area contributed by atoms with E-state index in [-0.39, 0.29) is 31.1 Å². The summed E-state index contributed by atoms with van der Waals surface area (Å²) >= 11 is 0. The van der Waals surface area contributed by atoms with Crippen molar-refractivity contribution < 1.29 is 54.8 Å². The molecule has 0 spiro atoms. The molecule has 1 aliphatic heterocycles. The van der Waals surface area contributed by atoms with Gasteiger partial charge in [0, 0.05) is 0 Å². The third-order valence-corrected chi connectivity index (χ3v) is 4.48. The minimum Gasteiger partial charge on any atom is -0.504 e. The summed E-state index contributed by atoms with van der Waals surface area (Å²) in [6.07, 6.45) is -6.30. The molecular formula is C19H26O11. The summed E-state index contributed by atoms with van der Waals surface area (Å²) in [6.45, 7) is -1.39. The second-order valence-corrected chi connectivity index (χ2v) is 6.71.